The van der Waals surface area contributed by atoms with Crippen molar-refractivity contribution in [2.45, 2.75) is 38.5 Å². The predicted molar refractivity (Wildman–Crippen MR) is 91.7 cm³/mol. The smallest absolute Gasteiger partial charge is 0.256 e. The van der Waals surface area contributed by atoms with Crippen LogP contribution < -0.4 is 10.6 Å². The van der Waals surface area contributed by atoms with Crippen LogP contribution in [0.15, 0.2) is 12.1 Å². The fraction of sp³-hybridized carbons (Fsp3) is 0.588. The number of piperidine rings is 2. The summed E-state index contributed by atoms with van der Waals surface area (Å²) in [6.45, 7) is 3.67. The molecule has 22 heavy (non-hydrogen) atoms. The number of nitrogen functional groups attached to an aromatic ring is 1. The van der Waals surface area contributed by atoms with E-state index in [2.05, 4.69) is 4.90 Å². The van der Waals surface area contributed by atoms with Gasteiger partial charge in [0.15, 0.2) is 0 Å². The summed E-state index contributed by atoms with van der Waals surface area (Å²) in [5.74, 6) is 0.0483. The number of hydrogen-bond donors (Lipinski definition) is 1. The Morgan fingerprint density at radius 2 is 1.55 bits per heavy atom. The summed E-state index contributed by atoms with van der Waals surface area (Å²) < 4.78 is 0. The van der Waals surface area contributed by atoms with Crippen molar-refractivity contribution in [1.82, 2.24) is 4.90 Å². The molecule has 0 radical (unpaired) electrons. The number of halogens is 1. The fourth-order valence-corrected chi connectivity index (χ4v) is 3.70. The van der Waals surface area contributed by atoms with Crippen molar-refractivity contribution >= 4 is 28.9 Å². The monoisotopic (exact) mass is 321 g/mol. The second-order valence-corrected chi connectivity index (χ2v) is 6.70. The van der Waals surface area contributed by atoms with Crippen LogP contribution in [-0.4, -0.2) is 37.0 Å². The van der Waals surface area contributed by atoms with E-state index in [1.165, 1.54) is 25.7 Å². The van der Waals surface area contributed by atoms with Gasteiger partial charge in [-0.1, -0.05) is 11.6 Å². The Morgan fingerprint density at radius 1 is 0.955 bits per heavy atom. The number of amides is 1. The van der Waals surface area contributed by atoms with Gasteiger partial charge in [0.25, 0.3) is 5.91 Å². The number of nitrogens with two attached hydrogens (primary N) is 1. The van der Waals surface area contributed by atoms with E-state index in [9.17, 15) is 4.79 Å². The molecule has 120 valence electrons. The summed E-state index contributed by atoms with van der Waals surface area (Å²) >= 11 is 6.38. The first kappa shape index (κ1) is 15.5. The molecule has 0 saturated carbocycles. The van der Waals surface area contributed by atoms with Crippen LogP contribution in [0.2, 0.25) is 5.02 Å². The average molecular weight is 322 g/mol. The minimum Gasteiger partial charge on any atom is -0.398 e. The normalized spacial score (nSPS) is 19.3. The lowest BCUT2D eigenvalue weighted by Gasteiger charge is -2.31. The zero-order chi connectivity index (χ0) is 15.5. The zero-order valence-electron chi connectivity index (χ0n) is 13.0. The lowest BCUT2D eigenvalue weighted by atomic mass is 10.1. The highest BCUT2D eigenvalue weighted by Gasteiger charge is 2.23. The molecule has 0 bridgehead atoms. The van der Waals surface area contributed by atoms with Crippen LogP contribution in [0.4, 0.5) is 11.4 Å². The van der Waals surface area contributed by atoms with E-state index >= 15 is 0 Å². The van der Waals surface area contributed by atoms with Crippen molar-refractivity contribution < 1.29 is 4.79 Å². The minimum atomic E-state index is 0.0483. The lowest BCUT2D eigenvalue weighted by molar-refractivity contribution is 0.0725. The van der Waals surface area contributed by atoms with Crippen molar-refractivity contribution in [1.29, 1.82) is 0 Å². The van der Waals surface area contributed by atoms with E-state index < -0.39 is 0 Å². The molecule has 2 aliphatic heterocycles. The maximum Gasteiger partial charge on any atom is 0.256 e. The van der Waals surface area contributed by atoms with Gasteiger partial charge in [-0.05, 0) is 50.7 Å². The van der Waals surface area contributed by atoms with Gasteiger partial charge in [-0.25, -0.2) is 0 Å². The van der Waals surface area contributed by atoms with Gasteiger partial charge in [0.1, 0.15) is 0 Å². The van der Waals surface area contributed by atoms with Crippen molar-refractivity contribution in [2.75, 3.05) is 36.8 Å². The molecule has 0 spiro atoms. The summed E-state index contributed by atoms with van der Waals surface area (Å²) in [6, 6.07) is 3.64. The van der Waals surface area contributed by atoms with Gasteiger partial charge in [-0.3, -0.25) is 4.79 Å². The largest absolute Gasteiger partial charge is 0.398 e. The molecule has 0 aromatic heterocycles. The number of likely N-dealkylation sites (tertiary alicyclic amines) is 1. The Bertz CT molecular complexity index is 549. The van der Waals surface area contributed by atoms with E-state index in [0.29, 0.717) is 16.3 Å². The second kappa shape index (κ2) is 6.78. The van der Waals surface area contributed by atoms with Crippen LogP contribution in [0.1, 0.15) is 48.9 Å². The van der Waals surface area contributed by atoms with Crippen molar-refractivity contribution in [2.24, 2.45) is 0 Å². The molecular formula is C17H24ClN3O. The molecule has 1 amide bonds. The van der Waals surface area contributed by atoms with Crippen LogP contribution in [0.3, 0.4) is 0 Å². The van der Waals surface area contributed by atoms with Gasteiger partial charge in [0, 0.05) is 31.9 Å². The molecule has 3 rings (SSSR count). The van der Waals surface area contributed by atoms with Gasteiger partial charge in [0.05, 0.1) is 16.3 Å². The number of rotatable bonds is 2. The quantitative estimate of drug-likeness (QED) is 0.848. The van der Waals surface area contributed by atoms with Crippen LogP contribution in [0.25, 0.3) is 0 Å². The topological polar surface area (TPSA) is 49.6 Å². The molecule has 2 aliphatic rings. The molecule has 2 N–H and O–H groups in total. The average Bonchev–Trinajstić information content (AvgIpc) is 2.56. The summed E-state index contributed by atoms with van der Waals surface area (Å²) in [5, 5.41) is 0.648. The molecular weight excluding hydrogens is 298 g/mol. The number of carbonyl (C=O) groups is 1. The van der Waals surface area contributed by atoms with Crippen LogP contribution >= 0.6 is 11.6 Å². The van der Waals surface area contributed by atoms with E-state index in [1.807, 2.05) is 11.0 Å². The molecule has 0 unspecified atom stereocenters. The molecule has 4 nitrogen and oxygen atoms in total. The van der Waals surface area contributed by atoms with E-state index in [-0.39, 0.29) is 5.91 Å². The maximum absolute atomic E-state index is 12.8. The van der Waals surface area contributed by atoms with Crippen molar-refractivity contribution in [3.05, 3.63) is 22.7 Å². The third kappa shape index (κ3) is 3.17. The number of benzene rings is 1. The first-order valence-corrected chi connectivity index (χ1v) is 8.68. The molecule has 5 heteroatoms. The summed E-state index contributed by atoms with van der Waals surface area (Å²) in [6.07, 6.45) is 6.99. The maximum atomic E-state index is 12.8. The number of anilines is 2. The van der Waals surface area contributed by atoms with Crippen LogP contribution in [0.5, 0.6) is 0 Å². The Morgan fingerprint density at radius 3 is 2.18 bits per heavy atom. The zero-order valence-corrected chi connectivity index (χ0v) is 13.7. The van der Waals surface area contributed by atoms with E-state index in [1.54, 1.807) is 6.07 Å². The van der Waals surface area contributed by atoms with E-state index in [4.69, 9.17) is 17.3 Å². The molecule has 1 aromatic rings. The Kier molecular flexibility index (Phi) is 4.77. The first-order chi connectivity index (χ1) is 10.7. The van der Waals surface area contributed by atoms with Crippen molar-refractivity contribution in [3.8, 4) is 0 Å². The standard InChI is InChI=1S/C17H24ClN3O/c18-14-12-15(19)13(17(22)21-9-5-2-6-10-21)11-16(14)20-7-3-1-4-8-20/h11-12H,1-10,19H2. The first-order valence-electron chi connectivity index (χ1n) is 8.30. The summed E-state index contributed by atoms with van der Waals surface area (Å²) in [4.78, 5) is 16.9. The highest BCUT2D eigenvalue weighted by Crippen LogP contribution is 2.33. The van der Waals surface area contributed by atoms with Crippen LogP contribution in [-0.2, 0) is 0 Å². The number of hydrogen-bond acceptors (Lipinski definition) is 3. The lowest BCUT2D eigenvalue weighted by Crippen LogP contribution is -2.36. The van der Waals surface area contributed by atoms with Gasteiger partial charge in [0.2, 0.25) is 0 Å². The Labute approximate surface area is 137 Å². The fourth-order valence-electron chi connectivity index (χ4n) is 3.41. The Hall–Kier alpha value is -1.42. The third-order valence-corrected chi connectivity index (χ3v) is 4.99. The summed E-state index contributed by atoms with van der Waals surface area (Å²) in [7, 11) is 0. The van der Waals surface area contributed by atoms with Crippen LogP contribution in [0, 0.1) is 0 Å². The van der Waals surface area contributed by atoms with Gasteiger partial charge in [-0.15, -0.1) is 0 Å². The second-order valence-electron chi connectivity index (χ2n) is 6.29. The highest BCUT2D eigenvalue weighted by molar-refractivity contribution is 6.33. The Balaban J connectivity index is 1.88. The third-order valence-electron chi connectivity index (χ3n) is 4.69. The molecule has 0 atom stereocenters. The van der Waals surface area contributed by atoms with Gasteiger partial charge < -0.3 is 15.5 Å². The SMILES string of the molecule is Nc1cc(Cl)c(N2CCCCC2)cc1C(=O)N1CCCCC1. The molecule has 2 fully saturated rings. The number of nitrogens with zero attached hydrogens (tertiary/aromatic N) is 2. The van der Waals surface area contributed by atoms with E-state index in [0.717, 1.165) is 44.7 Å². The molecule has 2 heterocycles. The summed E-state index contributed by atoms with van der Waals surface area (Å²) in [5.41, 5.74) is 8.12. The minimum absolute atomic E-state index is 0.0483. The van der Waals surface area contributed by atoms with Gasteiger partial charge >= 0.3 is 0 Å². The predicted octanol–water partition coefficient (Wildman–Crippen LogP) is 3.54. The highest BCUT2D eigenvalue weighted by atomic mass is 35.5. The number of carbonyl (C=O) groups excluding carboxylic acids is 1. The molecule has 1 aromatic carbocycles. The van der Waals surface area contributed by atoms with Gasteiger partial charge in [-0.2, -0.15) is 0 Å². The molecule has 2 saturated heterocycles. The van der Waals surface area contributed by atoms with Crippen molar-refractivity contribution in [3.63, 3.8) is 0 Å². The molecule has 0 aliphatic carbocycles.